The van der Waals surface area contributed by atoms with E-state index in [4.69, 9.17) is 0 Å². The molecule has 1 aromatic rings. The molecule has 5 heteroatoms. The van der Waals surface area contributed by atoms with Crippen LogP contribution in [-0.4, -0.2) is 29.3 Å². The van der Waals surface area contributed by atoms with Crippen LogP contribution in [0, 0.1) is 5.92 Å². The molecule has 88 valence electrons. The molecule has 4 unspecified atom stereocenters. The molecule has 0 bridgehead atoms. The highest BCUT2D eigenvalue weighted by molar-refractivity contribution is 5.41. The summed E-state index contributed by atoms with van der Waals surface area (Å²) in [5, 5.41) is 0. The van der Waals surface area contributed by atoms with Crippen LogP contribution in [0.4, 0.5) is 17.6 Å². The van der Waals surface area contributed by atoms with Gasteiger partial charge in [0.2, 0.25) is 0 Å². The van der Waals surface area contributed by atoms with Crippen LogP contribution in [0.15, 0.2) is 18.3 Å². The van der Waals surface area contributed by atoms with E-state index in [-0.39, 0.29) is 0 Å². The minimum Gasteiger partial charge on any atom is -0.354 e. The van der Waals surface area contributed by atoms with Gasteiger partial charge in [-0.2, -0.15) is 0 Å². The number of hydrogen-bond donors (Lipinski definition) is 0. The topological polar surface area (TPSA) is 4.93 Å². The quantitative estimate of drug-likeness (QED) is 0.656. The molecule has 0 saturated heterocycles. The summed E-state index contributed by atoms with van der Waals surface area (Å²) in [6.45, 7) is 0. The van der Waals surface area contributed by atoms with Gasteiger partial charge in [-0.3, -0.25) is 0 Å². The van der Waals surface area contributed by atoms with Crippen molar-refractivity contribution in [3.8, 4) is 0 Å². The first-order valence-electron chi connectivity index (χ1n) is 5.21. The highest BCUT2D eigenvalue weighted by Gasteiger charge is 2.81. The van der Waals surface area contributed by atoms with Gasteiger partial charge < -0.3 is 4.57 Å². The second-order valence-electron chi connectivity index (χ2n) is 4.66. The van der Waals surface area contributed by atoms with Crippen LogP contribution in [0.5, 0.6) is 0 Å². The SMILES string of the molecule is Cn1cccc1C12C(F)C(F)C1C(F)C2F. The Hall–Kier alpha value is -1.00. The van der Waals surface area contributed by atoms with Gasteiger partial charge in [0.1, 0.15) is 24.7 Å². The number of fused-ring (bicyclic) bond motifs is 1. The zero-order valence-corrected chi connectivity index (χ0v) is 8.58. The molecule has 2 aliphatic carbocycles. The Balaban J connectivity index is 2.08. The molecule has 4 atom stereocenters. The summed E-state index contributed by atoms with van der Waals surface area (Å²) >= 11 is 0. The lowest BCUT2D eigenvalue weighted by molar-refractivity contribution is -0.252. The van der Waals surface area contributed by atoms with E-state index in [1.807, 2.05) is 0 Å². The minimum absolute atomic E-state index is 0.348. The number of aryl methyl sites for hydroxylation is 1. The first-order chi connectivity index (χ1) is 7.52. The van der Waals surface area contributed by atoms with Crippen molar-refractivity contribution in [1.82, 2.24) is 4.57 Å². The van der Waals surface area contributed by atoms with Crippen molar-refractivity contribution >= 4 is 0 Å². The normalized spacial score (nSPS) is 50.4. The average Bonchev–Trinajstić information content (AvgIpc) is 2.68. The molecule has 3 rings (SSSR count). The molecule has 16 heavy (non-hydrogen) atoms. The largest absolute Gasteiger partial charge is 0.354 e. The standard InChI is InChI=1S/C11H11F4N/c1-16-4-2-3-5(16)11-6(7(12)9(11)14)8(13)10(11)15/h2-4,6-10H,1H3. The molecule has 2 saturated carbocycles. The molecule has 1 heterocycles. The van der Waals surface area contributed by atoms with E-state index in [0.717, 1.165) is 0 Å². The van der Waals surface area contributed by atoms with Crippen LogP contribution in [0.3, 0.4) is 0 Å². The average molecular weight is 233 g/mol. The summed E-state index contributed by atoms with van der Waals surface area (Å²) in [4.78, 5) is 0. The van der Waals surface area contributed by atoms with Crippen molar-refractivity contribution in [2.45, 2.75) is 30.1 Å². The van der Waals surface area contributed by atoms with Crippen molar-refractivity contribution in [3.05, 3.63) is 24.0 Å². The molecule has 0 amide bonds. The lowest BCUT2D eigenvalue weighted by atomic mass is 9.42. The lowest BCUT2D eigenvalue weighted by Crippen LogP contribution is -2.82. The molecule has 1 nitrogen and oxygen atoms in total. The summed E-state index contributed by atoms with van der Waals surface area (Å²) in [6.07, 6.45) is -6.01. The van der Waals surface area contributed by atoms with Crippen LogP contribution in [-0.2, 0) is 12.5 Å². The fraction of sp³-hybridized carbons (Fsp3) is 0.636. The van der Waals surface area contributed by atoms with Crippen LogP contribution in [0.25, 0.3) is 0 Å². The maximum absolute atomic E-state index is 13.6. The molecule has 2 aliphatic rings. The van der Waals surface area contributed by atoms with Gasteiger partial charge in [0, 0.05) is 24.9 Å². The molecule has 0 radical (unpaired) electrons. The second kappa shape index (κ2) is 2.81. The van der Waals surface area contributed by atoms with E-state index < -0.39 is 36.0 Å². The third-order valence-corrected chi connectivity index (χ3v) is 4.10. The summed E-state index contributed by atoms with van der Waals surface area (Å²) < 4.78 is 55.2. The van der Waals surface area contributed by atoms with Gasteiger partial charge in [-0.1, -0.05) is 0 Å². The highest BCUT2D eigenvalue weighted by atomic mass is 19.2. The van der Waals surface area contributed by atoms with Crippen LogP contribution >= 0.6 is 0 Å². The summed E-state index contributed by atoms with van der Waals surface area (Å²) in [5.41, 5.74) is -1.24. The van der Waals surface area contributed by atoms with Gasteiger partial charge in [-0.15, -0.1) is 0 Å². The first kappa shape index (κ1) is 10.2. The second-order valence-corrected chi connectivity index (χ2v) is 4.66. The number of rotatable bonds is 1. The number of nitrogens with zero attached hydrogens (tertiary/aromatic N) is 1. The fourth-order valence-electron chi connectivity index (χ4n) is 3.24. The van der Waals surface area contributed by atoms with Crippen molar-refractivity contribution < 1.29 is 17.6 Å². The monoisotopic (exact) mass is 233 g/mol. The Labute approximate surface area is 90.1 Å². The Kier molecular flexibility index (Phi) is 1.79. The van der Waals surface area contributed by atoms with E-state index in [0.29, 0.717) is 5.69 Å². The predicted molar refractivity (Wildman–Crippen MR) is 50.2 cm³/mol. The first-order valence-corrected chi connectivity index (χ1v) is 5.21. The van der Waals surface area contributed by atoms with Gasteiger partial charge in [0.15, 0.2) is 0 Å². The maximum Gasteiger partial charge on any atom is 0.146 e. The molecule has 1 aromatic heterocycles. The maximum atomic E-state index is 13.6. The van der Waals surface area contributed by atoms with Gasteiger partial charge >= 0.3 is 0 Å². The summed E-state index contributed by atoms with van der Waals surface area (Å²) in [7, 11) is 1.62. The molecule has 0 spiro atoms. The van der Waals surface area contributed by atoms with Gasteiger partial charge in [-0.05, 0) is 12.1 Å². The molecule has 2 fully saturated rings. The van der Waals surface area contributed by atoms with Crippen molar-refractivity contribution in [2.24, 2.45) is 13.0 Å². The highest BCUT2D eigenvalue weighted by Crippen LogP contribution is 2.66. The van der Waals surface area contributed by atoms with E-state index in [9.17, 15) is 17.6 Å². The van der Waals surface area contributed by atoms with Crippen LogP contribution in [0.1, 0.15) is 5.69 Å². The van der Waals surface area contributed by atoms with E-state index in [2.05, 4.69) is 0 Å². The van der Waals surface area contributed by atoms with E-state index >= 15 is 0 Å². The summed E-state index contributed by atoms with van der Waals surface area (Å²) in [5.74, 6) is -1.16. The van der Waals surface area contributed by atoms with Gasteiger partial charge in [0.05, 0.1) is 5.41 Å². The number of hydrogen-bond acceptors (Lipinski definition) is 0. The Morgan fingerprint density at radius 2 is 1.69 bits per heavy atom. The molecule has 0 aliphatic heterocycles. The Morgan fingerprint density at radius 3 is 2.12 bits per heavy atom. The lowest BCUT2D eigenvalue weighted by Gasteiger charge is -2.65. The molecular weight excluding hydrogens is 222 g/mol. The van der Waals surface area contributed by atoms with Gasteiger partial charge in [-0.25, -0.2) is 17.6 Å². The Morgan fingerprint density at radius 1 is 1.12 bits per heavy atom. The minimum atomic E-state index is -1.94. The third-order valence-electron chi connectivity index (χ3n) is 4.10. The predicted octanol–water partition coefficient (Wildman–Crippen LogP) is 2.26. The molecule has 0 aromatic carbocycles. The number of alkyl halides is 4. The van der Waals surface area contributed by atoms with Crippen molar-refractivity contribution in [2.75, 3.05) is 0 Å². The van der Waals surface area contributed by atoms with Gasteiger partial charge in [0.25, 0.3) is 0 Å². The van der Waals surface area contributed by atoms with Crippen molar-refractivity contribution in [1.29, 1.82) is 0 Å². The smallest absolute Gasteiger partial charge is 0.146 e. The van der Waals surface area contributed by atoms with Crippen LogP contribution in [0.2, 0.25) is 0 Å². The van der Waals surface area contributed by atoms with Crippen molar-refractivity contribution in [3.63, 3.8) is 0 Å². The molecule has 0 N–H and O–H groups in total. The van der Waals surface area contributed by atoms with E-state index in [1.54, 1.807) is 19.3 Å². The zero-order chi connectivity index (χ0) is 11.7. The fourth-order valence-corrected chi connectivity index (χ4v) is 3.24. The number of halogens is 4. The Bertz CT molecular complexity index is 413. The van der Waals surface area contributed by atoms with Crippen LogP contribution < -0.4 is 0 Å². The summed E-state index contributed by atoms with van der Waals surface area (Å²) in [6, 6.07) is 3.15. The zero-order valence-electron chi connectivity index (χ0n) is 8.58. The van der Waals surface area contributed by atoms with E-state index in [1.165, 1.54) is 10.6 Å². The number of aromatic nitrogens is 1. The third kappa shape index (κ3) is 0.780. The molecular formula is C11H11F4N.